The molecule has 2 fully saturated rings. The van der Waals surface area contributed by atoms with E-state index in [9.17, 15) is 9.59 Å². The van der Waals surface area contributed by atoms with E-state index in [-0.39, 0.29) is 11.9 Å². The van der Waals surface area contributed by atoms with E-state index in [0.29, 0.717) is 22.6 Å². The summed E-state index contributed by atoms with van der Waals surface area (Å²) in [5.74, 6) is 1.28. The Labute approximate surface area is 158 Å². The Hall–Kier alpha value is -2.86. The second-order valence-electron chi connectivity index (χ2n) is 7.34. The lowest BCUT2D eigenvalue weighted by molar-refractivity contribution is 0.0908. The highest BCUT2D eigenvalue weighted by Crippen LogP contribution is 2.27. The SMILES string of the molecule is NC(=O)c1cccc(Oc2ccc(C(=O)N[C@@H]3C[C@@H]4CCN(C4)C3)cc2)c1. The standard InChI is InChI=1S/C21H23N3O3/c22-20(25)16-2-1-3-19(11-16)27-18-6-4-15(5-7-18)21(26)23-17-10-14-8-9-24(12-14)13-17/h1-7,11,14,17H,8-10,12-13H2,(H2,22,25)(H,23,26)/t14-,17+/m0/s1. The number of hydrogen-bond acceptors (Lipinski definition) is 4. The average Bonchev–Trinajstić information content (AvgIpc) is 3.01. The highest BCUT2D eigenvalue weighted by molar-refractivity contribution is 5.94. The maximum atomic E-state index is 12.5. The van der Waals surface area contributed by atoms with Crippen LogP contribution in [0.25, 0.3) is 0 Å². The zero-order chi connectivity index (χ0) is 18.8. The Kier molecular flexibility index (Phi) is 4.81. The van der Waals surface area contributed by atoms with Gasteiger partial charge in [-0.05, 0) is 67.8 Å². The fourth-order valence-electron chi connectivity index (χ4n) is 3.96. The van der Waals surface area contributed by atoms with E-state index in [1.165, 1.54) is 13.0 Å². The van der Waals surface area contributed by atoms with Gasteiger partial charge in [0.15, 0.2) is 0 Å². The number of hydrogen-bond donors (Lipinski definition) is 2. The van der Waals surface area contributed by atoms with Gasteiger partial charge in [-0.2, -0.15) is 0 Å². The third-order valence-corrected chi connectivity index (χ3v) is 5.27. The van der Waals surface area contributed by atoms with Crippen LogP contribution in [0, 0.1) is 5.92 Å². The van der Waals surface area contributed by atoms with Gasteiger partial charge in [-0.25, -0.2) is 0 Å². The predicted octanol–water partition coefficient (Wildman–Crippen LogP) is 2.40. The molecule has 3 atom stereocenters. The molecule has 0 saturated carbocycles. The summed E-state index contributed by atoms with van der Waals surface area (Å²) < 4.78 is 5.74. The summed E-state index contributed by atoms with van der Waals surface area (Å²) in [4.78, 5) is 26.2. The topological polar surface area (TPSA) is 84.7 Å². The van der Waals surface area contributed by atoms with Gasteiger partial charge in [0, 0.05) is 30.3 Å². The van der Waals surface area contributed by atoms with E-state index in [1.807, 2.05) is 0 Å². The Bertz CT molecular complexity index is 838. The normalized spacial score (nSPS) is 23.6. The summed E-state index contributed by atoms with van der Waals surface area (Å²) in [6.45, 7) is 3.27. The molecule has 2 aliphatic rings. The van der Waals surface area contributed by atoms with Crippen molar-refractivity contribution in [3.63, 3.8) is 0 Å². The van der Waals surface area contributed by atoms with Crippen molar-refractivity contribution < 1.29 is 14.3 Å². The Morgan fingerprint density at radius 2 is 1.85 bits per heavy atom. The molecular formula is C21H23N3O3. The third-order valence-electron chi connectivity index (χ3n) is 5.27. The fraction of sp³-hybridized carbons (Fsp3) is 0.333. The van der Waals surface area contributed by atoms with Crippen LogP contribution in [0.2, 0.25) is 0 Å². The lowest BCUT2D eigenvalue weighted by atomic mass is 9.96. The summed E-state index contributed by atoms with van der Waals surface area (Å²) in [7, 11) is 0. The van der Waals surface area contributed by atoms with Crippen molar-refractivity contribution in [3.05, 3.63) is 59.7 Å². The summed E-state index contributed by atoms with van der Waals surface area (Å²) in [5, 5.41) is 3.15. The van der Waals surface area contributed by atoms with Crippen LogP contribution >= 0.6 is 0 Å². The third kappa shape index (κ3) is 4.11. The van der Waals surface area contributed by atoms with Crippen LogP contribution < -0.4 is 15.8 Å². The van der Waals surface area contributed by atoms with Gasteiger partial charge in [0.1, 0.15) is 11.5 Å². The van der Waals surface area contributed by atoms with Crippen molar-refractivity contribution in [3.8, 4) is 11.5 Å². The van der Waals surface area contributed by atoms with E-state index >= 15 is 0 Å². The molecule has 2 saturated heterocycles. The number of rotatable bonds is 5. The van der Waals surface area contributed by atoms with Crippen molar-refractivity contribution in [2.45, 2.75) is 18.9 Å². The Balaban J connectivity index is 1.37. The first-order valence-corrected chi connectivity index (χ1v) is 9.28. The predicted molar refractivity (Wildman–Crippen MR) is 102 cm³/mol. The number of carbonyl (C=O) groups excluding carboxylic acids is 2. The van der Waals surface area contributed by atoms with Gasteiger partial charge < -0.3 is 20.7 Å². The lowest BCUT2D eigenvalue weighted by Gasteiger charge is -2.30. The number of benzene rings is 2. The monoisotopic (exact) mass is 365 g/mol. The number of carbonyl (C=O) groups is 2. The Morgan fingerprint density at radius 1 is 1.04 bits per heavy atom. The smallest absolute Gasteiger partial charge is 0.251 e. The van der Waals surface area contributed by atoms with Crippen LogP contribution in [0.1, 0.15) is 33.6 Å². The van der Waals surface area contributed by atoms with Crippen LogP contribution in [0.4, 0.5) is 0 Å². The highest BCUT2D eigenvalue weighted by atomic mass is 16.5. The summed E-state index contributed by atoms with van der Waals surface area (Å²) >= 11 is 0. The minimum atomic E-state index is -0.500. The number of nitrogens with two attached hydrogens (primary N) is 1. The number of amides is 2. The van der Waals surface area contributed by atoms with Gasteiger partial charge in [-0.1, -0.05) is 6.07 Å². The molecule has 0 aliphatic carbocycles. The maximum absolute atomic E-state index is 12.5. The van der Waals surface area contributed by atoms with E-state index in [4.69, 9.17) is 10.5 Å². The largest absolute Gasteiger partial charge is 0.457 e. The van der Waals surface area contributed by atoms with Crippen LogP contribution in [-0.2, 0) is 0 Å². The quantitative estimate of drug-likeness (QED) is 0.852. The van der Waals surface area contributed by atoms with Crippen molar-refractivity contribution >= 4 is 11.8 Å². The molecule has 140 valence electrons. The van der Waals surface area contributed by atoms with Gasteiger partial charge in [0.25, 0.3) is 5.91 Å². The van der Waals surface area contributed by atoms with Crippen molar-refractivity contribution in [1.29, 1.82) is 0 Å². The molecule has 0 spiro atoms. The van der Waals surface area contributed by atoms with Crippen LogP contribution in [0.15, 0.2) is 48.5 Å². The molecule has 2 bridgehead atoms. The molecule has 2 aromatic rings. The van der Waals surface area contributed by atoms with Gasteiger partial charge in [0.2, 0.25) is 5.91 Å². The summed E-state index contributed by atoms with van der Waals surface area (Å²) in [5.41, 5.74) is 6.29. The van der Waals surface area contributed by atoms with E-state index in [1.54, 1.807) is 48.5 Å². The molecule has 0 radical (unpaired) electrons. The zero-order valence-corrected chi connectivity index (χ0v) is 15.1. The average molecular weight is 365 g/mol. The summed E-state index contributed by atoms with van der Waals surface area (Å²) in [6.07, 6.45) is 2.31. The Morgan fingerprint density at radius 3 is 2.59 bits per heavy atom. The molecular weight excluding hydrogens is 342 g/mol. The number of nitrogens with zero attached hydrogens (tertiary/aromatic N) is 1. The second-order valence-corrected chi connectivity index (χ2v) is 7.34. The molecule has 6 heteroatoms. The lowest BCUT2D eigenvalue weighted by Crippen LogP contribution is -2.46. The molecule has 4 rings (SSSR count). The van der Waals surface area contributed by atoms with Crippen molar-refractivity contribution in [2.24, 2.45) is 11.7 Å². The second kappa shape index (κ2) is 7.40. The highest BCUT2D eigenvalue weighted by Gasteiger charge is 2.32. The van der Waals surface area contributed by atoms with Crippen LogP contribution in [0.5, 0.6) is 11.5 Å². The zero-order valence-electron chi connectivity index (χ0n) is 15.1. The molecule has 2 aromatic carbocycles. The van der Waals surface area contributed by atoms with E-state index in [0.717, 1.165) is 25.4 Å². The first-order valence-electron chi connectivity index (χ1n) is 9.28. The minimum Gasteiger partial charge on any atom is -0.457 e. The van der Waals surface area contributed by atoms with Crippen LogP contribution in [-0.4, -0.2) is 42.4 Å². The van der Waals surface area contributed by atoms with E-state index < -0.39 is 5.91 Å². The number of piperidine rings is 1. The molecule has 3 N–H and O–H groups in total. The maximum Gasteiger partial charge on any atom is 0.251 e. The number of fused-ring (bicyclic) bond motifs is 2. The van der Waals surface area contributed by atoms with Gasteiger partial charge in [0.05, 0.1) is 0 Å². The number of nitrogens with one attached hydrogen (secondary N) is 1. The molecule has 6 nitrogen and oxygen atoms in total. The van der Waals surface area contributed by atoms with E-state index in [2.05, 4.69) is 10.2 Å². The van der Waals surface area contributed by atoms with Gasteiger partial charge in [-0.15, -0.1) is 0 Å². The van der Waals surface area contributed by atoms with Crippen molar-refractivity contribution in [2.75, 3.05) is 19.6 Å². The molecule has 1 unspecified atom stereocenters. The van der Waals surface area contributed by atoms with Crippen molar-refractivity contribution in [1.82, 2.24) is 10.2 Å². The van der Waals surface area contributed by atoms with Gasteiger partial charge >= 0.3 is 0 Å². The van der Waals surface area contributed by atoms with Gasteiger partial charge in [-0.3, -0.25) is 9.59 Å². The molecule has 0 aromatic heterocycles. The first kappa shape index (κ1) is 17.5. The number of ether oxygens (including phenoxy) is 1. The summed E-state index contributed by atoms with van der Waals surface area (Å²) in [6, 6.07) is 13.9. The molecule has 2 amide bonds. The molecule has 2 heterocycles. The van der Waals surface area contributed by atoms with Crippen LogP contribution in [0.3, 0.4) is 0 Å². The minimum absolute atomic E-state index is 0.0511. The molecule has 2 aliphatic heterocycles. The number of primary amides is 1. The first-order chi connectivity index (χ1) is 13.1. The fourth-order valence-corrected chi connectivity index (χ4v) is 3.96. The molecule has 27 heavy (non-hydrogen) atoms.